The van der Waals surface area contributed by atoms with E-state index >= 15 is 0 Å². The van der Waals surface area contributed by atoms with Gasteiger partial charge in [0.1, 0.15) is 24.0 Å². The molecule has 2 aromatic rings. The van der Waals surface area contributed by atoms with Crippen LogP contribution in [-0.2, 0) is 12.5 Å². The van der Waals surface area contributed by atoms with Crippen LogP contribution in [0.4, 0.5) is 8.78 Å². The van der Waals surface area contributed by atoms with E-state index in [1.54, 1.807) is 12.1 Å². The molecule has 0 atom stereocenters. The predicted molar refractivity (Wildman–Crippen MR) is 74.4 cm³/mol. The van der Waals surface area contributed by atoms with Gasteiger partial charge in [-0.15, -0.1) is 11.6 Å². The van der Waals surface area contributed by atoms with Crippen LogP contribution in [0, 0.1) is 11.6 Å². The molecular weight excluding hydrogens is 338 g/mol. The lowest BCUT2D eigenvalue weighted by Crippen LogP contribution is -2.00. The summed E-state index contributed by atoms with van der Waals surface area (Å²) in [6.07, 6.45) is 0. The van der Waals surface area contributed by atoms with Crippen LogP contribution >= 0.6 is 27.5 Å². The fourth-order valence-corrected chi connectivity index (χ4v) is 2.13. The second-order valence-electron chi connectivity index (χ2n) is 3.91. The van der Waals surface area contributed by atoms with Gasteiger partial charge in [0.15, 0.2) is 0 Å². The minimum absolute atomic E-state index is 0.0641. The van der Waals surface area contributed by atoms with Gasteiger partial charge in [-0.2, -0.15) is 0 Å². The van der Waals surface area contributed by atoms with E-state index < -0.39 is 0 Å². The number of hydrogen-bond donors (Lipinski definition) is 0. The Kier molecular flexibility index (Phi) is 4.77. The molecule has 5 heteroatoms. The molecule has 0 aliphatic rings. The lowest BCUT2D eigenvalue weighted by molar-refractivity contribution is 0.297. The number of ether oxygens (including phenoxy) is 1. The van der Waals surface area contributed by atoms with Crippen molar-refractivity contribution < 1.29 is 13.5 Å². The third-order valence-corrected chi connectivity index (χ3v) is 3.35. The van der Waals surface area contributed by atoms with Crippen molar-refractivity contribution in [2.24, 2.45) is 0 Å². The van der Waals surface area contributed by atoms with E-state index in [0.717, 1.165) is 0 Å². The summed E-state index contributed by atoms with van der Waals surface area (Å²) in [7, 11) is 0. The molecule has 19 heavy (non-hydrogen) atoms. The van der Waals surface area contributed by atoms with Gasteiger partial charge >= 0.3 is 0 Å². The maximum absolute atomic E-state index is 13.6. The summed E-state index contributed by atoms with van der Waals surface area (Å²) in [5.41, 5.74) is 0.965. The molecule has 100 valence electrons. The van der Waals surface area contributed by atoms with Gasteiger partial charge < -0.3 is 4.74 Å². The van der Waals surface area contributed by atoms with Crippen LogP contribution < -0.4 is 4.74 Å². The van der Waals surface area contributed by atoms with Gasteiger partial charge in [0.05, 0.1) is 5.88 Å². The lowest BCUT2D eigenvalue weighted by atomic mass is 10.2. The van der Waals surface area contributed by atoms with Gasteiger partial charge in [0.25, 0.3) is 0 Å². The maximum atomic E-state index is 13.6. The van der Waals surface area contributed by atoms with E-state index in [-0.39, 0.29) is 24.1 Å². The van der Waals surface area contributed by atoms with Crippen molar-refractivity contribution in [2.45, 2.75) is 12.5 Å². The van der Waals surface area contributed by atoms with Crippen LogP contribution in [0.5, 0.6) is 5.75 Å². The van der Waals surface area contributed by atoms with E-state index in [0.29, 0.717) is 21.3 Å². The van der Waals surface area contributed by atoms with E-state index in [2.05, 4.69) is 15.9 Å². The summed E-state index contributed by atoms with van der Waals surface area (Å²) in [6, 6.07) is 8.80. The fourth-order valence-electron chi connectivity index (χ4n) is 1.59. The van der Waals surface area contributed by atoms with Crippen molar-refractivity contribution in [3.63, 3.8) is 0 Å². The summed E-state index contributed by atoms with van der Waals surface area (Å²) in [5, 5.41) is 0. The second kappa shape index (κ2) is 6.35. The first-order chi connectivity index (χ1) is 9.10. The number of halogens is 4. The largest absolute Gasteiger partial charge is 0.488 e. The van der Waals surface area contributed by atoms with E-state index in [4.69, 9.17) is 16.3 Å². The highest BCUT2D eigenvalue weighted by Gasteiger charge is 2.07. The van der Waals surface area contributed by atoms with Crippen molar-refractivity contribution in [2.75, 3.05) is 0 Å². The summed E-state index contributed by atoms with van der Waals surface area (Å²) >= 11 is 8.89. The zero-order chi connectivity index (χ0) is 13.8. The highest BCUT2D eigenvalue weighted by molar-refractivity contribution is 9.10. The molecule has 2 aromatic carbocycles. The Morgan fingerprint density at radius 3 is 2.53 bits per heavy atom. The van der Waals surface area contributed by atoms with Gasteiger partial charge in [0, 0.05) is 15.6 Å². The molecule has 0 aliphatic heterocycles. The number of rotatable bonds is 4. The first-order valence-electron chi connectivity index (χ1n) is 5.51. The zero-order valence-electron chi connectivity index (χ0n) is 9.80. The first-order valence-corrected chi connectivity index (χ1v) is 6.84. The van der Waals surface area contributed by atoms with Gasteiger partial charge in [-0.3, -0.25) is 0 Å². The Balaban J connectivity index is 2.14. The minimum Gasteiger partial charge on any atom is -0.488 e. The predicted octanol–water partition coefficient (Wildman–Crippen LogP) is 5.05. The Hall–Kier alpha value is -1.13. The molecule has 0 radical (unpaired) electrons. The third kappa shape index (κ3) is 3.67. The van der Waals surface area contributed by atoms with Crippen LogP contribution in [0.1, 0.15) is 11.1 Å². The summed E-state index contributed by atoms with van der Waals surface area (Å²) in [4.78, 5) is 0. The third-order valence-electron chi connectivity index (χ3n) is 2.56. The monoisotopic (exact) mass is 346 g/mol. The topological polar surface area (TPSA) is 9.23 Å². The number of alkyl halides is 1. The Bertz CT molecular complexity index is 590. The molecule has 0 amide bonds. The fraction of sp³-hybridized carbons (Fsp3) is 0.143. The van der Waals surface area contributed by atoms with E-state index in [9.17, 15) is 8.78 Å². The smallest absolute Gasteiger partial charge is 0.130 e. The van der Waals surface area contributed by atoms with Crippen LogP contribution in [0.15, 0.2) is 40.9 Å². The molecule has 0 fully saturated rings. The van der Waals surface area contributed by atoms with E-state index in [1.807, 2.05) is 0 Å². The van der Waals surface area contributed by atoms with Crippen LogP contribution in [0.25, 0.3) is 0 Å². The average Bonchev–Trinajstić information content (AvgIpc) is 2.39. The van der Waals surface area contributed by atoms with Gasteiger partial charge in [-0.1, -0.05) is 22.0 Å². The summed E-state index contributed by atoms with van der Waals surface area (Å²) < 4.78 is 32.8. The molecule has 0 spiro atoms. The molecule has 0 heterocycles. The van der Waals surface area contributed by atoms with Crippen LogP contribution in [0.2, 0.25) is 0 Å². The molecule has 0 bridgehead atoms. The quantitative estimate of drug-likeness (QED) is 0.704. The normalized spacial score (nSPS) is 10.5. The van der Waals surface area contributed by atoms with Crippen LogP contribution in [0.3, 0.4) is 0 Å². The maximum Gasteiger partial charge on any atom is 0.130 e. The Morgan fingerprint density at radius 2 is 1.84 bits per heavy atom. The zero-order valence-corrected chi connectivity index (χ0v) is 12.1. The van der Waals surface area contributed by atoms with E-state index in [1.165, 1.54) is 24.3 Å². The van der Waals surface area contributed by atoms with Crippen molar-refractivity contribution in [3.8, 4) is 5.75 Å². The molecule has 0 unspecified atom stereocenters. The molecule has 0 aliphatic carbocycles. The Labute approximate surface area is 123 Å². The molecule has 0 saturated carbocycles. The first kappa shape index (κ1) is 14.3. The molecule has 2 rings (SSSR count). The van der Waals surface area contributed by atoms with Gasteiger partial charge in [-0.25, -0.2) is 8.78 Å². The molecule has 0 saturated heterocycles. The Morgan fingerprint density at radius 1 is 1.05 bits per heavy atom. The van der Waals surface area contributed by atoms with Crippen LogP contribution in [-0.4, -0.2) is 0 Å². The standard InChI is InChI=1S/C14H10BrClF2O/c15-11-2-1-9(13(18)6-11)8-19-14-4-3-12(17)5-10(14)7-16/h1-6H,7-8H2. The second-order valence-corrected chi connectivity index (χ2v) is 5.09. The lowest BCUT2D eigenvalue weighted by Gasteiger charge is -2.10. The minimum atomic E-state index is -0.377. The summed E-state index contributed by atoms with van der Waals surface area (Å²) in [6.45, 7) is 0.0641. The van der Waals surface area contributed by atoms with Crippen molar-refractivity contribution >= 4 is 27.5 Å². The number of benzene rings is 2. The average molecular weight is 348 g/mol. The number of hydrogen-bond acceptors (Lipinski definition) is 1. The molecule has 0 N–H and O–H groups in total. The van der Waals surface area contributed by atoms with Crippen molar-refractivity contribution in [1.29, 1.82) is 0 Å². The van der Waals surface area contributed by atoms with Gasteiger partial charge in [0.2, 0.25) is 0 Å². The summed E-state index contributed by atoms with van der Waals surface area (Å²) in [5.74, 6) is -0.143. The van der Waals surface area contributed by atoms with Crippen molar-refractivity contribution in [1.82, 2.24) is 0 Å². The van der Waals surface area contributed by atoms with Crippen molar-refractivity contribution in [3.05, 3.63) is 63.6 Å². The molecule has 1 nitrogen and oxygen atoms in total. The highest BCUT2D eigenvalue weighted by atomic mass is 79.9. The SMILES string of the molecule is Fc1ccc(OCc2ccc(Br)cc2F)c(CCl)c1. The molecular formula is C14H10BrClF2O. The van der Waals surface area contributed by atoms with Gasteiger partial charge in [-0.05, 0) is 30.3 Å². The highest BCUT2D eigenvalue weighted by Crippen LogP contribution is 2.23. The molecule has 0 aromatic heterocycles.